The van der Waals surface area contributed by atoms with Crippen molar-refractivity contribution in [1.29, 1.82) is 0 Å². The number of nitrogens with two attached hydrogens (primary N) is 1. The number of carbonyl (C=O) groups is 1. The number of carbonyl (C=O) groups excluding carboxylic acids is 1. The number of amides is 1. The Morgan fingerprint density at radius 1 is 1.32 bits per heavy atom. The molecule has 1 aromatic carbocycles. The first-order valence-electron chi connectivity index (χ1n) is 7.62. The molecule has 1 heterocycles. The van der Waals surface area contributed by atoms with Gasteiger partial charge in [0.1, 0.15) is 6.10 Å². The Morgan fingerprint density at radius 2 is 1.95 bits per heavy atom. The van der Waals surface area contributed by atoms with Crippen molar-refractivity contribution in [2.45, 2.75) is 51.9 Å². The van der Waals surface area contributed by atoms with Crippen LogP contribution in [0.1, 0.15) is 45.2 Å². The van der Waals surface area contributed by atoms with Gasteiger partial charge in [0.15, 0.2) is 0 Å². The van der Waals surface area contributed by atoms with Crippen molar-refractivity contribution < 1.29 is 9.53 Å². The van der Waals surface area contributed by atoms with Crippen LogP contribution in [0.5, 0.6) is 0 Å². The van der Waals surface area contributed by atoms with Gasteiger partial charge in [0.25, 0.3) is 0 Å². The fraction of sp³-hybridized carbons (Fsp3) is 0.588. The number of benzene rings is 1. The van der Waals surface area contributed by atoms with E-state index in [2.05, 4.69) is 26.1 Å². The maximum atomic E-state index is 12.5. The van der Waals surface area contributed by atoms with Gasteiger partial charge in [-0.2, -0.15) is 0 Å². The third-order valence-corrected chi connectivity index (χ3v) is 3.95. The molecule has 4 nitrogen and oxygen atoms in total. The highest BCUT2D eigenvalue weighted by Crippen LogP contribution is 2.33. The molecular formula is C17H27ClN2O2. The minimum Gasteiger partial charge on any atom is -0.364 e. The number of hydrogen-bond donors (Lipinski definition) is 2. The van der Waals surface area contributed by atoms with Crippen molar-refractivity contribution in [2.24, 2.45) is 11.1 Å². The summed E-state index contributed by atoms with van der Waals surface area (Å²) in [5, 5.41) is 3.16. The van der Waals surface area contributed by atoms with Crippen LogP contribution in [0.3, 0.4) is 0 Å². The Bertz CT molecular complexity index is 473. The molecule has 1 saturated heterocycles. The molecular weight excluding hydrogens is 300 g/mol. The average Bonchev–Trinajstić information content (AvgIpc) is 2.93. The summed E-state index contributed by atoms with van der Waals surface area (Å²) < 4.78 is 5.68. The number of ether oxygens (including phenoxy) is 1. The lowest BCUT2D eigenvalue weighted by molar-refractivity contribution is -0.133. The number of halogens is 1. The van der Waals surface area contributed by atoms with Crippen molar-refractivity contribution in [3.8, 4) is 0 Å². The van der Waals surface area contributed by atoms with Gasteiger partial charge in [-0.3, -0.25) is 4.79 Å². The third-order valence-electron chi connectivity index (χ3n) is 3.95. The van der Waals surface area contributed by atoms with Gasteiger partial charge in [-0.1, -0.05) is 51.1 Å². The molecule has 1 unspecified atom stereocenters. The first-order valence-corrected chi connectivity index (χ1v) is 7.62. The van der Waals surface area contributed by atoms with E-state index in [-0.39, 0.29) is 42.0 Å². The van der Waals surface area contributed by atoms with E-state index in [4.69, 9.17) is 10.5 Å². The lowest BCUT2D eigenvalue weighted by Gasteiger charge is -2.32. The van der Waals surface area contributed by atoms with Gasteiger partial charge < -0.3 is 15.8 Å². The van der Waals surface area contributed by atoms with Crippen LogP contribution >= 0.6 is 12.4 Å². The van der Waals surface area contributed by atoms with Gasteiger partial charge in [0, 0.05) is 6.54 Å². The van der Waals surface area contributed by atoms with Gasteiger partial charge in [-0.15, -0.1) is 12.4 Å². The first-order chi connectivity index (χ1) is 9.91. The highest BCUT2D eigenvalue weighted by atomic mass is 35.5. The van der Waals surface area contributed by atoms with Crippen LogP contribution in [-0.2, 0) is 9.53 Å². The molecule has 2 rings (SSSR count). The van der Waals surface area contributed by atoms with Gasteiger partial charge in [-0.05, 0) is 23.8 Å². The average molecular weight is 327 g/mol. The number of rotatable bonds is 4. The highest BCUT2D eigenvalue weighted by molar-refractivity contribution is 5.85. The maximum absolute atomic E-state index is 12.5. The molecule has 1 aliphatic rings. The summed E-state index contributed by atoms with van der Waals surface area (Å²) in [6, 6.07) is 10.0. The summed E-state index contributed by atoms with van der Waals surface area (Å²) in [5.41, 5.74) is 6.65. The second-order valence-corrected chi connectivity index (χ2v) is 6.78. The van der Waals surface area contributed by atoms with Gasteiger partial charge >= 0.3 is 0 Å². The standard InChI is InChI=1S/C17H26N2O2.ClH/c1-17(2,3)15(12-7-5-4-6-8-12)19-16(20)14-10-9-13(11-18)21-14;/h4-8,13-15H,9-11,18H2,1-3H3,(H,19,20);1H/t13-,14+,15?;/m1./s1. The van der Waals surface area contributed by atoms with Crippen molar-refractivity contribution in [3.05, 3.63) is 35.9 Å². The Labute approximate surface area is 139 Å². The molecule has 0 spiro atoms. The van der Waals surface area contributed by atoms with Gasteiger partial charge in [0.2, 0.25) is 5.91 Å². The molecule has 1 aliphatic heterocycles. The molecule has 5 heteroatoms. The molecule has 3 atom stereocenters. The maximum Gasteiger partial charge on any atom is 0.249 e. The predicted molar refractivity (Wildman–Crippen MR) is 91.0 cm³/mol. The molecule has 0 saturated carbocycles. The molecule has 0 radical (unpaired) electrons. The Balaban J connectivity index is 0.00000242. The summed E-state index contributed by atoms with van der Waals surface area (Å²) in [4.78, 5) is 12.5. The monoisotopic (exact) mass is 326 g/mol. The van der Waals surface area contributed by atoms with E-state index in [0.29, 0.717) is 6.54 Å². The van der Waals surface area contributed by atoms with Crippen LogP contribution in [0.25, 0.3) is 0 Å². The topological polar surface area (TPSA) is 64.4 Å². The molecule has 1 fully saturated rings. The van der Waals surface area contributed by atoms with E-state index in [1.807, 2.05) is 30.3 Å². The zero-order chi connectivity index (χ0) is 15.5. The van der Waals surface area contributed by atoms with Gasteiger partial charge in [-0.25, -0.2) is 0 Å². The van der Waals surface area contributed by atoms with E-state index in [1.54, 1.807) is 0 Å². The summed E-state index contributed by atoms with van der Waals surface area (Å²) in [5.74, 6) is -0.0327. The minimum atomic E-state index is -0.368. The second kappa shape index (κ2) is 7.95. The van der Waals surface area contributed by atoms with E-state index >= 15 is 0 Å². The molecule has 0 bridgehead atoms. The summed E-state index contributed by atoms with van der Waals surface area (Å²) >= 11 is 0. The van der Waals surface area contributed by atoms with Crippen molar-refractivity contribution in [2.75, 3.05) is 6.54 Å². The van der Waals surface area contributed by atoms with Crippen LogP contribution in [0, 0.1) is 5.41 Å². The molecule has 22 heavy (non-hydrogen) atoms. The van der Waals surface area contributed by atoms with Crippen LogP contribution in [0.2, 0.25) is 0 Å². The lowest BCUT2D eigenvalue weighted by Crippen LogP contribution is -2.42. The summed E-state index contributed by atoms with van der Waals surface area (Å²) in [6.07, 6.45) is 1.26. The van der Waals surface area contributed by atoms with Crippen molar-refractivity contribution >= 4 is 18.3 Å². The van der Waals surface area contributed by atoms with Crippen molar-refractivity contribution in [3.63, 3.8) is 0 Å². The Hall–Kier alpha value is -1.10. The smallest absolute Gasteiger partial charge is 0.249 e. The van der Waals surface area contributed by atoms with Crippen molar-refractivity contribution in [1.82, 2.24) is 5.32 Å². The Kier molecular flexibility index (Phi) is 6.85. The molecule has 3 N–H and O–H groups in total. The zero-order valence-corrected chi connectivity index (χ0v) is 14.4. The lowest BCUT2D eigenvalue weighted by atomic mass is 9.82. The fourth-order valence-electron chi connectivity index (χ4n) is 2.75. The second-order valence-electron chi connectivity index (χ2n) is 6.78. The van der Waals surface area contributed by atoms with Crippen LogP contribution < -0.4 is 11.1 Å². The molecule has 0 aromatic heterocycles. The van der Waals surface area contributed by atoms with Crippen LogP contribution in [0.4, 0.5) is 0 Å². The molecule has 0 aliphatic carbocycles. The Morgan fingerprint density at radius 3 is 2.45 bits per heavy atom. The quantitative estimate of drug-likeness (QED) is 0.894. The SMILES string of the molecule is CC(C)(C)C(NC(=O)[C@@H]1CC[C@H](CN)O1)c1ccccc1.Cl. The third kappa shape index (κ3) is 4.70. The van der Waals surface area contributed by atoms with Crippen LogP contribution in [0.15, 0.2) is 30.3 Å². The molecule has 1 amide bonds. The molecule has 1 aromatic rings. The van der Waals surface area contributed by atoms with E-state index in [1.165, 1.54) is 0 Å². The van der Waals surface area contributed by atoms with Crippen LogP contribution in [-0.4, -0.2) is 24.7 Å². The fourth-order valence-corrected chi connectivity index (χ4v) is 2.75. The summed E-state index contributed by atoms with van der Waals surface area (Å²) in [7, 11) is 0. The number of hydrogen-bond acceptors (Lipinski definition) is 3. The zero-order valence-electron chi connectivity index (χ0n) is 13.5. The molecule has 124 valence electrons. The highest BCUT2D eigenvalue weighted by Gasteiger charge is 2.34. The minimum absolute atomic E-state index is 0. The first kappa shape index (κ1) is 18.9. The summed E-state index contributed by atoms with van der Waals surface area (Å²) in [6.45, 7) is 6.86. The normalized spacial score (nSPS) is 22.7. The van der Waals surface area contributed by atoms with E-state index < -0.39 is 0 Å². The predicted octanol–water partition coefficient (Wildman–Crippen LogP) is 2.82. The van der Waals surface area contributed by atoms with Gasteiger partial charge in [0.05, 0.1) is 12.1 Å². The van der Waals surface area contributed by atoms with E-state index in [9.17, 15) is 4.79 Å². The van der Waals surface area contributed by atoms with E-state index in [0.717, 1.165) is 18.4 Å². The largest absolute Gasteiger partial charge is 0.364 e. The number of nitrogens with one attached hydrogen (secondary N) is 1.